The first kappa shape index (κ1) is 17.9. The average molecular weight is 376 g/mol. The molecule has 0 aliphatic heterocycles. The largest absolute Gasteiger partial charge is 0.363 e. The van der Waals surface area contributed by atoms with Gasteiger partial charge in [-0.25, -0.2) is 18.7 Å². The van der Waals surface area contributed by atoms with Gasteiger partial charge in [0.25, 0.3) is 0 Å². The predicted molar refractivity (Wildman–Crippen MR) is 107 cm³/mol. The van der Waals surface area contributed by atoms with Crippen LogP contribution in [0.3, 0.4) is 0 Å². The maximum Gasteiger partial charge on any atom is 0.170 e. The molecular formula is C22H18F2N4. The lowest BCUT2D eigenvalue weighted by atomic mass is 10.2. The lowest BCUT2D eigenvalue weighted by Crippen LogP contribution is -2.09. The van der Waals surface area contributed by atoms with E-state index in [-0.39, 0.29) is 11.6 Å². The van der Waals surface area contributed by atoms with Crippen molar-refractivity contribution in [3.63, 3.8) is 0 Å². The molecule has 2 N–H and O–H groups in total. The summed E-state index contributed by atoms with van der Waals surface area (Å²) in [5.74, 6) is 0.669. The Labute approximate surface area is 161 Å². The van der Waals surface area contributed by atoms with Crippen LogP contribution in [-0.4, -0.2) is 9.97 Å². The van der Waals surface area contributed by atoms with Gasteiger partial charge in [-0.3, -0.25) is 0 Å². The first-order valence-electron chi connectivity index (χ1n) is 8.91. The number of rotatable bonds is 6. The highest BCUT2D eigenvalue weighted by Crippen LogP contribution is 2.22. The number of benzene rings is 3. The van der Waals surface area contributed by atoms with E-state index in [2.05, 4.69) is 20.6 Å². The Morgan fingerprint density at radius 2 is 0.964 bits per heavy atom. The number of halogens is 2. The van der Waals surface area contributed by atoms with E-state index in [1.807, 2.05) is 24.3 Å². The molecular weight excluding hydrogens is 358 g/mol. The van der Waals surface area contributed by atoms with Gasteiger partial charge in [0.15, 0.2) is 11.6 Å². The second-order valence-corrected chi connectivity index (χ2v) is 6.37. The van der Waals surface area contributed by atoms with Crippen molar-refractivity contribution in [1.29, 1.82) is 0 Å². The first-order valence-corrected chi connectivity index (χ1v) is 8.91. The Bertz CT molecular complexity index is 992. The van der Waals surface area contributed by atoms with E-state index in [9.17, 15) is 8.78 Å². The minimum absolute atomic E-state index is 0.268. The Hall–Kier alpha value is -3.54. The lowest BCUT2D eigenvalue weighted by Gasteiger charge is -2.13. The maximum atomic E-state index is 13.1. The first-order chi connectivity index (χ1) is 13.7. The fourth-order valence-electron chi connectivity index (χ4n) is 2.82. The summed E-state index contributed by atoms with van der Waals surface area (Å²) in [7, 11) is 0. The van der Waals surface area contributed by atoms with Crippen LogP contribution in [0.15, 0.2) is 72.8 Å². The molecule has 140 valence electrons. The molecule has 0 spiro atoms. The third-order valence-electron chi connectivity index (χ3n) is 4.32. The molecule has 0 radical (unpaired) electrons. The third-order valence-corrected chi connectivity index (χ3v) is 4.32. The highest BCUT2D eigenvalue weighted by Gasteiger charge is 2.09. The van der Waals surface area contributed by atoms with Crippen molar-refractivity contribution in [3.05, 3.63) is 95.6 Å². The molecule has 0 fully saturated rings. The van der Waals surface area contributed by atoms with Gasteiger partial charge in [0.05, 0.1) is 11.0 Å². The SMILES string of the molecule is Fc1ccc(CNc2nc3ccccc3nc2NCc2ccc(F)cc2)cc1. The summed E-state index contributed by atoms with van der Waals surface area (Å²) in [5.41, 5.74) is 3.41. The summed E-state index contributed by atoms with van der Waals surface area (Å²) in [6.07, 6.45) is 0. The van der Waals surface area contributed by atoms with Crippen LogP contribution in [0.1, 0.15) is 11.1 Å². The molecule has 0 atom stereocenters. The van der Waals surface area contributed by atoms with Gasteiger partial charge >= 0.3 is 0 Å². The number of nitrogens with one attached hydrogen (secondary N) is 2. The number of para-hydroxylation sites is 2. The van der Waals surface area contributed by atoms with Crippen LogP contribution in [0.2, 0.25) is 0 Å². The summed E-state index contributed by atoms with van der Waals surface area (Å²) >= 11 is 0. The molecule has 1 heterocycles. The van der Waals surface area contributed by atoms with Gasteiger partial charge in [0.1, 0.15) is 11.6 Å². The zero-order chi connectivity index (χ0) is 19.3. The molecule has 0 bridgehead atoms. The monoisotopic (exact) mass is 376 g/mol. The number of nitrogens with zero attached hydrogens (tertiary/aromatic N) is 2. The molecule has 4 aromatic rings. The number of hydrogen-bond acceptors (Lipinski definition) is 4. The van der Waals surface area contributed by atoms with Crippen LogP contribution in [-0.2, 0) is 13.1 Å². The molecule has 0 unspecified atom stereocenters. The Morgan fingerprint density at radius 3 is 1.36 bits per heavy atom. The summed E-state index contributed by atoms with van der Waals surface area (Å²) in [4.78, 5) is 9.33. The fraction of sp³-hybridized carbons (Fsp3) is 0.0909. The van der Waals surface area contributed by atoms with Crippen LogP contribution in [0.5, 0.6) is 0 Å². The predicted octanol–water partition coefficient (Wildman–Crippen LogP) is 5.13. The van der Waals surface area contributed by atoms with Crippen LogP contribution in [0.4, 0.5) is 20.4 Å². The number of aromatic nitrogens is 2. The smallest absolute Gasteiger partial charge is 0.170 e. The molecule has 0 amide bonds. The van der Waals surface area contributed by atoms with Crippen LogP contribution in [0.25, 0.3) is 11.0 Å². The van der Waals surface area contributed by atoms with E-state index in [0.717, 1.165) is 22.2 Å². The normalized spacial score (nSPS) is 10.8. The average Bonchev–Trinajstić information content (AvgIpc) is 2.72. The van der Waals surface area contributed by atoms with Gasteiger partial charge in [-0.1, -0.05) is 36.4 Å². The second-order valence-electron chi connectivity index (χ2n) is 6.37. The van der Waals surface area contributed by atoms with Crippen molar-refractivity contribution in [2.24, 2.45) is 0 Å². The molecule has 0 saturated heterocycles. The molecule has 3 aromatic carbocycles. The molecule has 28 heavy (non-hydrogen) atoms. The standard InChI is InChI=1S/C22H18F2N4/c23-17-9-5-15(6-10-17)13-25-21-22(26-14-16-7-11-18(24)12-8-16)28-20-4-2-1-3-19(20)27-21/h1-12H,13-14H2,(H,25,27)(H,26,28). The Morgan fingerprint density at radius 1 is 0.571 bits per heavy atom. The summed E-state index contributed by atoms with van der Waals surface area (Å²) < 4.78 is 26.2. The highest BCUT2D eigenvalue weighted by atomic mass is 19.1. The Kier molecular flexibility index (Phi) is 5.10. The number of hydrogen-bond donors (Lipinski definition) is 2. The maximum absolute atomic E-state index is 13.1. The Balaban J connectivity index is 1.58. The van der Waals surface area contributed by atoms with E-state index >= 15 is 0 Å². The zero-order valence-electron chi connectivity index (χ0n) is 15.0. The van der Waals surface area contributed by atoms with Crippen molar-refractivity contribution in [1.82, 2.24) is 9.97 Å². The minimum atomic E-state index is -0.268. The molecule has 4 rings (SSSR count). The summed E-state index contributed by atoms with van der Waals surface area (Å²) in [6.45, 7) is 0.969. The van der Waals surface area contributed by atoms with Crippen LogP contribution >= 0.6 is 0 Å². The van der Waals surface area contributed by atoms with Crippen LogP contribution in [0, 0.1) is 11.6 Å². The lowest BCUT2D eigenvalue weighted by molar-refractivity contribution is 0.626. The van der Waals surface area contributed by atoms with E-state index in [1.54, 1.807) is 24.3 Å². The third kappa shape index (κ3) is 4.23. The van der Waals surface area contributed by atoms with Crippen molar-refractivity contribution >= 4 is 22.7 Å². The van der Waals surface area contributed by atoms with Gasteiger partial charge in [0.2, 0.25) is 0 Å². The van der Waals surface area contributed by atoms with E-state index in [0.29, 0.717) is 24.7 Å². The van der Waals surface area contributed by atoms with Gasteiger partial charge in [-0.15, -0.1) is 0 Å². The molecule has 0 aliphatic rings. The van der Waals surface area contributed by atoms with Crippen molar-refractivity contribution < 1.29 is 8.78 Å². The van der Waals surface area contributed by atoms with Crippen molar-refractivity contribution in [3.8, 4) is 0 Å². The molecule has 6 heteroatoms. The molecule has 1 aromatic heterocycles. The fourth-order valence-corrected chi connectivity index (χ4v) is 2.82. The van der Waals surface area contributed by atoms with Crippen molar-refractivity contribution in [2.75, 3.05) is 10.6 Å². The van der Waals surface area contributed by atoms with Gasteiger partial charge in [0, 0.05) is 13.1 Å². The summed E-state index contributed by atoms with van der Waals surface area (Å²) in [5, 5.41) is 6.54. The zero-order valence-corrected chi connectivity index (χ0v) is 15.0. The van der Waals surface area contributed by atoms with Gasteiger partial charge in [-0.05, 0) is 47.5 Å². The topological polar surface area (TPSA) is 49.8 Å². The highest BCUT2D eigenvalue weighted by molar-refractivity contribution is 5.80. The van der Waals surface area contributed by atoms with Crippen molar-refractivity contribution in [2.45, 2.75) is 13.1 Å². The molecule has 0 saturated carbocycles. The van der Waals surface area contributed by atoms with E-state index < -0.39 is 0 Å². The summed E-state index contributed by atoms with van der Waals surface area (Å²) in [6, 6.07) is 20.2. The molecule has 4 nitrogen and oxygen atoms in total. The van der Waals surface area contributed by atoms with Gasteiger partial charge in [-0.2, -0.15) is 0 Å². The van der Waals surface area contributed by atoms with E-state index in [1.165, 1.54) is 24.3 Å². The quantitative estimate of drug-likeness (QED) is 0.490. The number of anilines is 2. The minimum Gasteiger partial charge on any atom is -0.363 e. The van der Waals surface area contributed by atoms with Gasteiger partial charge < -0.3 is 10.6 Å². The number of fused-ring (bicyclic) bond motifs is 1. The second kappa shape index (κ2) is 8.00. The molecule has 0 aliphatic carbocycles. The van der Waals surface area contributed by atoms with Crippen LogP contribution < -0.4 is 10.6 Å². The van der Waals surface area contributed by atoms with E-state index in [4.69, 9.17) is 0 Å².